The van der Waals surface area contributed by atoms with Gasteiger partial charge in [-0.05, 0) is 43.6 Å². The lowest BCUT2D eigenvalue weighted by Crippen LogP contribution is -2.56. The van der Waals surface area contributed by atoms with Crippen LogP contribution in [-0.2, 0) is 11.2 Å². The summed E-state index contributed by atoms with van der Waals surface area (Å²) in [5, 5.41) is 4.87. The average Bonchev–Trinajstić information content (AvgIpc) is 3.42. The molecule has 0 unspecified atom stereocenters. The third-order valence-corrected chi connectivity index (χ3v) is 8.38. The smallest absolute Gasteiger partial charge is 0.325 e. The molecule has 0 spiro atoms. The Morgan fingerprint density at radius 3 is 2.73 bits per heavy atom. The number of thiazole rings is 1. The fourth-order valence-corrected chi connectivity index (χ4v) is 6.09. The average molecular weight is 488 g/mol. The highest BCUT2D eigenvalue weighted by Gasteiger charge is 2.55. The van der Waals surface area contributed by atoms with E-state index in [-0.39, 0.29) is 23.8 Å². The van der Waals surface area contributed by atoms with E-state index in [1.54, 1.807) is 11.6 Å². The van der Waals surface area contributed by atoms with Crippen LogP contribution in [0.4, 0.5) is 4.79 Å². The zero-order chi connectivity index (χ0) is 23.4. The maximum atomic E-state index is 13.6. The minimum atomic E-state index is -0.891. The van der Waals surface area contributed by atoms with E-state index in [4.69, 9.17) is 0 Å². The normalized spacial score (nSPS) is 21.5. The number of pyridine rings is 1. The molecule has 1 atom stereocenters. The number of nitrogens with zero attached hydrogens (tertiary/aromatic N) is 4. The maximum Gasteiger partial charge on any atom is 0.325 e. The molecule has 0 aromatic carbocycles. The number of carbonyl (C=O) groups is 3. The second-order valence-corrected chi connectivity index (χ2v) is 10.4. The Morgan fingerprint density at radius 1 is 1.30 bits per heavy atom. The van der Waals surface area contributed by atoms with Crippen molar-refractivity contribution in [3.63, 3.8) is 0 Å². The van der Waals surface area contributed by atoms with Gasteiger partial charge in [0.25, 0.3) is 11.8 Å². The van der Waals surface area contributed by atoms with Crippen LogP contribution in [0.5, 0.6) is 0 Å². The number of piperidine rings is 1. The van der Waals surface area contributed by atoms with E-state index < -0.39 is 5.54 Å². The highest BCUT2D eigenvalue weighted by molar-refractivity contribution is 8.00. The van der Waals surface area contributed by atoms with Crippen molar-refractivity contribution in [2.24, 2.45) is 5.92 Å². The Hall–Kier alpha value is -2.46. The fourth-order valence-electron chi connectivity index (χ4n) is 4.85. The van der Waals surface area contributed by atoms with Crippen molar-refractivity contribution in [3.05, 3.63) is 41.2 Å². The molecule has 4 amide bonds. The standard InChI is InChI=1S/C23H29N5O3S2/c1-3-10-23(20(30)28(21(31)26-23)14-9-17-6-4-5-11-24-17)16-7-12-27(13-8-16)19(29)18-15-33-22(25-18)32-2/h4-6,11,15-16H,3,7-10,12-14H2,1-2H3,(H,26,31)/t23-/m1/s1. The minimum Gasteiger partial charge on any atom is -0.337 e. The largest absolute Gasteiger partial charge is 0.337 e. The predicted molar refractivity (Wildman–Crippen MR) is 128 cm³/mol. The van der Waals surface area contributed by atoms with Gasteiger partial charge in [-0.3, -0.25) is 19.5 Å². The number of carbonyl (C=O) groups excluding carboxylic acids is 3. The lowest BCUT2D eigenvalue weighted by molar-refractivity contribution is -0.134. The van der Waals surface area contributed by atoms with Crippen molar-refractivity contribution in [2.75, 3.05) is 25.9 Å². The van der Waals surface area contributed by atoms with E-state index in [9.17, 15) is 14.4 Å². The summed E-state index contributed by atoms with van der Waals surface area (Å²) in [4.78, 5) is 51.1. The lowest BCUT2D eigenvalue weighted by Gasteiger charge is -2.40. The van der Waals surface area contributed by atoms with Crippen molar-refractivity contribution >= 4 is 40.9 Å². The Bertz CT molecular complexity index is 1010. The molecule has 2 aromatic heterocycles. The number of amides is 4. The molecule has 176 valence electrons. The van der Waals surface area contributed by atoms with Gasteiger partial charge in [0.05, 0.1) is 0 Å². The molecule has 1 N–H and O–H groups in total. The lowest BCUT2D eigenvalue weighted by atomic mass is 9.74. The number of urea groups is 1. The van der Waals surface area contributed by atoms with E-state index in [2.05, 4.69) is 15.3 Å². The molecule has 0 saturated carbocycles. The Kier molecular flexibility index (Phi) is 7.33. The molecule has 2 aromatic rings. The van der Waals surface area contributed by atoms with Gasteiger partial charge in [0.1, 0.15) is 15.6 Å². The summed E-state index contributed by atoms with van der Waals surface area (Å²) in [5.41, 5.74) is 0.444. The monoisotopic (exact) mass is 487 g/mol. The number of aromatic nitrogens is 2. The molecular weight excluding hydrogens is 458 g/mol. The van der Waals surface area contributed by atoms with Crippen molar-refractivity contribution in [2.45, 2.75) is 48.9 Å². The van der Waals surface area contributed by atoms with Crippen LogP contribution in [0.15, 0.2) is 34.1 Å². The molecule has 8 nitrogen and oxygen atoms in total. The quantitative estimate of drug-likeness (QED) is 0.453. The molecule has 0 aliphatic carbocycles. The highest BCUT2D eigenvalue weighted by atomic mass is 32.2. The van der Waals surface area contributed by atoms with Crippen LogP contribution in [0.3, 0.4) is 0 Å². The third kappa shape index (κ3) is 4.77. The van der Waals surface area contributed by atoms with E-state index in [0.717, 1.165) is 16.5 Å². The summed E-state index contributed by atoms with van der Waals surface area (Å²) >= 11 is 3.00. The second kappa shape index (κ2) is 10.2. The van der Waals surface area contributed by atoms with Crippen LogP contribution < -0.4 is 5.32 Å². The van der Waals surface area contributed by atoms with E-state index in [0.29, 0.717) is 51.0 Å². The zero-order valence-electron chi connectivity index (χ0n) is 19.0. The molecule has 0 bridgehead atoms. The molecule has 10 heteroatoms. The molecule has 33 heavy (non-hydrogen) atoms. The Morgan fingerprint density at radius 2 is 2.09 bits per heavy atom. The molecule has 2 aliphatic heterocycles. The van der Waals surface area contributed by atoms with E-state index >= 15 is 0 Å². The Balaban J connectivity index is 1.43. The summed E-state index contributed by atoms with van der Waals surface area (Å²) in [6.07, 6.45) is 6.91. The molecule has 2 saturated heterocycles. The fraction of sp³-hybridized carbons (Fsp3) is 0.522. The summed E-state index contributed by atoms with van der Waals surface area (Å²) < 4.78 is 0.875. The first kappa shape index (κ1) is 23.7. The van der Waals surface area contributed by atoms with Gasteiger partial charge < -0.3 is 10.2 Å². The SMILES string of the molecule is CCC[C@]1(C2CCN(C(=O)c3csc(SC)n3)CC2)NC(=O)N(CCc2ccccn2)C1=O. The Labute approximate surface area is 202 Å². The van der Waals surface area contributed by atoms with Crippen molar-refractivity contribution in [1.29, 1.82) is 0 Å². The first-order valence-electron chi connectivity index (χ1n) is 11.3. The van der Waals surface area contributed by atoms with Gasteiger partial charge in [0, 0.05) is 43.3 Å². The summed E-state index contributed by atoms with van der Waals surface area (Å²) in [6, 6.07) is 5.32. The van der Waals surface area contributed by atoms with Crippen molar-refractivity contribution < 1.29 is 14.4 Å². The first-order valence-corrected chi connectivity index (χ1v) is 13.4. The number of hydrogen-bond donors (Lipinski definition) is 1. The van der Waals surface area contributed by atoms with Crippen LogP contribution in [-0.4, -0.2) is 69.0 Å². The first-order chi connectivity index (χ1) is 16.0. The van der Waals surface area contributed by atoms with E-state index in [1.165, 1.54) is 28.0 Å². The van der Waals surface area contributed by atoms with Crippen molar-refractivity contribution in [3.8, 4) is 0 Å². The van der Waals surface area contributed by atoms with Gasteiger partial charge >= 0.3 is 6.03 Å². The van der Waals surface area contributed by atoms with Gasteiger partial charge in [0.15, 0.2) is 0 Å². The third-order valence-electron chi connectivity index (χ3n) is 6.52. The van der Waals surface area contributed by atoms with Crippen molar-refractivity contribution in [1.82, 2.24) is 25.1 Å². The maximum absolute atomic E-state index is 13.6. The van der Waals surface area contributed by atoms with Gasteiger partial charge in [-0.15, -0.1) is 11.3 Å². The highest BCUT2D eigenvalue weighted by Crippen LogP contribution is 2.37. The molecule has 4 heterocycles. The number of nitrogens with one attached hydrogen (secondary N) is 1. The number of hydrogen-bond acceptors (Lipinski definition) is 7. The van der Waals surface area contributed by atoms with Crippen LogP contribution in [0.1, 0.15) is 48.8 Å². The zero-order valence-corrected chi connectivity index (χ0v) is 20.6. The summed E-state index contributed by atoms with van der Waals surface area (Å²) in [5.74, 6) is -0.206. The molecule has 4 rings (SSSR count). The van der Waals surface area contributed by atoms with Gasteiger partial charge in [-0.25, -0.2) is 9.78 Å². The molecule has 0 radical (unpaired) electrons. The topological polar surface area (TPSA) is 95.5 Å². The number of imide groups is 1. The molecule has 2 fully saturated rings. The summed E-state index contributed by atoms with van der Waals surface area (Å²) in [6.45, 7) is 3.45. The van der Waals surface area contributed by atoms with Crippen LogP contribution in [0.2, 0.25) is 0 Å². The predicted octanol–water partition coefficient (Wildman–Crippen LogP) is 3.45. The van der Waals surface area contributed by atoms with Gasteiger partial charge in [0.2, 0.25) is 0 Å². The number of rotatable bonds is 8. The van der Waals surface area contributed by atoms with Gasteiger partial charge in [-0.1, -0.05) is 31.2 Å². The minimum absolute atomic E-state index is 0.00464. The molecular formula is C23H29N5O3S2. The van der Waals surface area contributed by atoms with Crippen LogP contribution in [0, 0.1) is 5.92 Å². The second-order valence-electron chi connectivity index (χ2n) is 8.45. The van der Waals surface area contributed by atoms with E-state index in [1.807, 2.05) is 36.3 Å². The van der Waals surface area contributed by atoms with Crippen LogP contribution in [0.25, 0.3) is 0 Å². The number of likely N-dealkylation sites (tertiary alicyclic amines) is 1. The van der Waals surface area contributed by atoms with Crippen LogP contribution >= 0.6 is 23.1 Å². The number of thioether (sulfide) groups is 1. The summed E-state index contributed by atoms with van der Waals surface area (Å²) in [7, 11) is 0. The molecule has 2 aliphatic rings. The van der Waals surface area contributed by atoms with Gasteiger partial charge in [-0.2, -0.15) is 0 Å².